The molecule has 30 heavy (non-hydrogen) atoms. The van der Waals surface area contributed by atoms with Gasteiger partial charge in [0.25, 0.3) is 0 Å². The fourth-order valence-electron chi connectivity index (χ4n) is 4.03. The zero-order valence-electron chi connectivity index (χ0n) is 18.7. The van der Waals surface area contributed by atoms with Crippen LogP contribution in [0.4, 0.5) is 0 Å². The molecular weight excluding hydrogens is 415 g/mol. The Morgan fingerprint density at radius 1 is 0.933 bits per heavy atom. The fraction of sp³-hybridized carbons (Fsp3) is 0.400. The van der Waals surface area contributed by atoms with Crippen molar-refractivity contribution in [1.82, 2.24) is 9.78 Å². The van der Waals surface area contributed by atoms with E-state index in [0.717, 1.165) is 68.7 Å². The van der Waals surface area contributed by atoms with Crippen molar-refractivity contribution >= 4 is 23.2 Å². The lowest BCUT2D eigenvalue weighted by molar-refractivity contribution is 0.306. The number of hydrogen-bond acceptors (Lipinski definition) is 2. The maximum absolute atomic E-state index is 6.61. The number of halogens is 2. The summed E-state index contributed by atoms with van der Waals surface area (Å²) >= 11 is 12.8. The van der Waals surface area contributed by atoms with Crippen molar-refractivity contribution in [2.45, 2.75) is 53.9 Å². The van der Waals surface area contributed by atoms with Gasteiger partial charge >= 0.3 is 0 Å². The Balaban J connectivity index is 1.65. The molecule has 2 aromatic carbocycles. The second-order valence-corrected chi connectivity index (χ2v) is 8.84. The Morgan fingerprint density at radius 3 is 2.20 bits per heavy atom. The summed E-state index contributed by atoms with van der Waals surface area (Å²) in [5, 5.41) is 6.16. The van der Waals surface area contributed by atoms with Crippen LogP contribution >= 0.6 is 23.2 Å². The van der Waals surface area contributed by atoms with Crippen molar-refractivity contribution in [1.29, 1.82) is 0 Å². The number of rotatable bonds is 7. The van der Waals surface area contributed by atoms with Crippen LogP contribution in [0.3, 0.4) is 0 Å². The monoisotopic (exact) mass is 444 g/mol. The summed E-state index contributed by atoms with van der Waals surface area (Å²) in [5.41, 5.74) is 9.09. The lowest BCUT2D eigenvalue weighted by Crippen LogP contribution is -2.01. The van der Waals surface area contributed by atoms with Crippen molar-refractivity contribution in [3.8, 4) is 16.9 Å². The smallest absolute Gasteiger partial charge is 0.119 e. The van der Waals surface area contributed by atoms with E-state index in [1.54, 1.807) is 0 Å². The largest absolute Gasteiger partial charge is 0.494 e. The molecule has 0 amide bonds. The van der Waals surface area contributed by atoms with Crippen LogP contribution in [0.15, 0.2) is 24.3 Å². The van der Waals surface area contributed by atoms with Crippen LogP contribution in [0.1, 0.15) is 46.5 Å². The first-order valence-electron chi connectivity index (χ1n) is 10.4. The first-order valence-corrected chi connectivity index (χ1v) is 11.1. The van der Waals surface area contributed by atoms with Gasteiger partial charge in [0.2, 0.25) is 0 Å². The molecule has 0 aliphatic rings. The van der Waals surface area contributed by atoms with Gasteiger partial charge in [-0.2, -0.15) is 5.10 Å². The number of unbranched alkanes of at least 4 members (excludes halogenated alkanes) is 1. The average molecular weight is 445 g/mol. The highest BCUT2D eigenvalue weighted by Gasteiger charge is 2.18. The predicted molar refractivity (Wildman–Crippen MR) is 127 cm³/mol. The van der Waals surface area contributed by atoms with E-state index >= 15 is 0 Å². The van der Waals surface area contributed by atoms with Crippen LogP contribution in [0.2, 0.25) is 10.0 Å². The number of aryl methyl sites for hydroxylation is 5. The molecule has 0 bridgehead atoms. The van der Waals surface area contributed by atoms with Gasteiger partial charge in [0, 0.05) is 33.9 Å². The van der Waals surface area contributed by atoms with Crippen molar-refractivity contribution in [3.63, 3.8) is 0 Å². The Morgan fingerprint density at radius 2 is 1.60 bits per heavy atom. The van der Waals surface area contributed by atoms with E-state index in [1.165, 1.54) is 11.1 Å². The molecule has 0 fully saturated rings. The number of aromatic nitrogens is 2. The molecule has 160 valence electrons. The summed E-state index contributed by atoms with van der Waals surface area (Å²) in [4.78, 5) is 0. The van der Waals surface area contributed by atoms with Gasteiger partial charge in [-0.15, -0.1) is 0 Å². The Labute approximate surface area is 190 Å². The SMILES string of the molecule is Cc1cc(OCCCCc2ccc(Cl)c(-c3c(C)nn(C)c3C)c2C)cc(C)c1Cl. The third kappa shape index (κ3) is 4.68. The summed E-state index contributed by atoms with van der Waals surface area (Å²) < 4.78 is 7.87. The zero-order chi connectivity index (χ0) is 22.0. The minimum Gasteiger partial charge on any atom is -0.494 e. The molecule has 0 N–H and O–H groups in total. The van der Waals surface area contributed by atoms with Gasteiger partial charge in [-0.3, -0.25) is 4.68 Å². The fourth-order valence-corrected chi connectivity index (χ4v) is 4.44. The predicted octanol–water partition coefficient (Wildman–Crippen LogP) is 7.34. The van der Waals surface area contributed by atoms with Crippen LogP contribution in [0.5, 0.6) is 5.75 Å². The van der Waals surface area contributed by atoms with Gasteiger partial charge in [0.1, 0.15) is 5.75 Å². The van der Waals surface area contributed by atoms with Crippen molar-refractivity contribution in [3.05, 3.63) is 68.0 Å². The summed E-state index contributed by atoms with van der Waals surface area (Å²) in [6.45, 7) is 11.0. The molecule has 0 atom stereocenters. The maximum atomic E-state index is 6.61. The van der Waals surface area contributed by atoms with Crippen LogP contribution in [0.25, 0.3) is 11.1 Å². The lowest BCUT2D eigenvalue weighted by atomic mass is 9.93. The zero-order valence-corrected chi connectivity index (χ0v) is 20.2. The molecule has 1 aromatic heterocycles. The highest BCUT2D eigenvalue weighted by molar-refractivity contribution is 6.33. The van der Waals surface area contributed by atoms with Crippen molar-refractivity contribution in [2.24, 2.45) is 7.05 Å². The molecule has 0 aliphatic carbocycles. The van der Waals surface area contributed by atoms with Crippen LogP contribution in [-0.2, 0) is 13.5 Å². The van der Waals surface area contributed by atoms with Gasteiger partial charge in [0.15, 0.2) is 0 Å². The van der Waals surface area contributed by atoms with Crippen LogP contribution in [-0.4, -0.2) is 16.4 Å². The minimum atomic E-state index is 0.695. The molecule has 0 aliphatic heterocycles. The van der Waals surface area contributed by atoms with Crippen LogP contribution in [0, 0.1) is 34.6 Å². The van der Waals surface area contributed by atoms with Gasteiger partial charge in [-0.1, -0.05) is 29.3 Å². The summed E-state index contributed by atoms with van der Waals surface area (Å²) in [5.74, 6) is 0.891. The first kappa shape index (κ1) is 22.7. The number of hydrogen-bond donors (Lipinski definition) is 0. The molecule has 3 aromatic rings. The van der Waals surface area contributed by atoms with E-state index in [1.807, 2.05) is 50.7 Å². The quantitative estimate of drug-likeness (QED) is 0.356. The summed E-state index contributed by atoms with van der Waals surface area (Å²) in [6, 6.07) is 8.17. The van der Waals surface area contributed by atoms with E-state index in [2.05, 4.69) is 25.0 Å². The van der Waals surface area contributed by atoms with E-state index in [4.69, 9.17) is 27.9 Å². The standard InChI is InChI=1S/C25H30Cl2N2O/c1-15-13-21(14-16(2)25(15)27)30-12-8-7-9-20-10-11-22(26)23(17(20)3)24-18(4)28-29(6)19(24)5/h10-11,13-14H,7-9,12H2,1-6H3. The molecule has 0 spiro atoms. The molecular formula is C25H30Cl2N2O. The van der Waals surface area contributed by atoms with Gasteiger partial charge in [-0.05, 0) is 94.3 Å². The Hall–Kier alpha value is -1.97. The molecule has 3 nitrogen and oxygen atoms in total. The topological polar surface area (TPSA) is 27.1 Å². The second kappa shape index (κ2) is 9.45. The average Bonchev–Trinajstić information content (AvgIpc) is 2.93. The highest BCUT2D eigenvalue weighted by Crippen LogP contribution is 2.37. The minimum absolute atomic E-state index is 0.695. The first-order chi connectivity index (χ1) is 14.2. The molecule has 0 saturated heterocycles. The van der Waals surface area contributed by atoms with Crippen molar-refractivity contribution in [2.75, 3.05) is 6.61 Å². The second-order valence-electron chi connectivity index (χ2n) is 8.05. The maximum Gasteiger partial charge on any atom is 0.119 e. The van der Waals surface area contributed by atoms with Gasteiger partial charge in [0.05, 0.1) is 12.3 Å². The van der Waals surface area contributed by atoms with E-state index in [-0.39, 0.29) is 0 Å². The molecule has 1 heterocycles. The van der Waals surface area contributed by atoms with Crippen LogP contribution < -0.4 is 4.74 Å². The van der Waals surface area contributed by atoms with Crippen molar-refractivity contribution < 1.29 is 4.74 Å². The van der Waals surface area contributed by atoms with E-state index in [0.29, 0.717) is 6.61 Å². The Kier molecular flexibility index (Phi) is 7.15. The number of benzene rings is 2. The summed E-state index contributed by atoms with van der Waals surface area (Å²) in [7, 11) is 1.97. The highest BCUT2D eigenvalue weighted by atomic mass is 35.5. The Bertz CT molecular complexity index is 1050. The molecule has 0 radical (unpaired) electrons. The summed E-state index contributed by atoms with van der Waals surface area (Å²) in [6.07, 6.45) is 3.04. The van der Waals surface area contributed by atoms with Gasteiger partial charge < -0.3 is 4.74 Å². The number of ether oxygens (including phenoxy) is 1. The van der Waals surface area contributed by atoms with E-state index < -0.39 is 0 Å². The lowest BCUT2D eigenvalue weighted by Gasteiger charge is -2.15. The molecule has 3 rings (SSSR count). The molecule has 5 heteroatoms. The third-order valence-corrected chi connectivity index (χ3v) is 6.72. The number of nitrogens with zero attached hydrogens (tertiary/aromatic N) is 2. The van der Waals surface area contributed by atoms with Gasteiger partial charge in [-0.25, -0.2) is 0 Å². The van der Waals surface area contributed by atoms with E-state index in [9.17, 15) is 0 Å². The molecule has 0 saturated carbocycles. The normalized spacial score (nSPS) is 11.2. The molecule has 0 unspecified atom stereocenters. The third-order valence-electron chi connectivity index (χ3n) is 5.80.